The average molecular weight is 233 g/mol. The lowest BCUT2D eigenvalue weighted by molar-refractivity contribution is 0.111. The van der Waals surface area contributed by atoms with Crippen LogP contribution in [0.3, 0.4) is 0 Å². The summed E-state index contributed by atoms with van der Waals surface area (Å²) in [5.74, 6) is 1.10. The van der Waals surface area contributed by atoms with Gasteiger partial charge < -0.3 is 4.74 Å². The SMILES string of the molecule is O=Cc1cc(Cl)ccc1OCCCCl. The summed E-state index contributed by atoms with van der Waals surface area (Å²) in [5.41, 5.74) is 0.465. The molecule has 0 amide bonds. The molecule has 0 saturated carbocycles. The number of alkyl halides is 1. The molecule has 0 bridgehead atoms. The van der Waals surface area contributed by atoms with Gasteiger partial charge in [-0.05, 0) is 24.6 Å². The molecule has 0 saturated heterocycles. The standard InChI is InChI=1S/C10H10Cl2O2/c11-4-1-5-14-10-3-2-9(12)6-8(10)7-13/h2-3,6-7H,1,4-5H2. The summed E-state index contributed by atoms with van der Waals surface area (Å²) in [6, 6.07) is 4.94. The quantitative estimate of drug-likeness (QED) is 0.443. The molecule has 0 fully saturated rings. The topological polar surface area (TPSA) is 26.3 Å². The summed E-state index contributed by atoms with van der Waals surface area (Å²) in [4.78, 5) is 10.6. The van der Waals surface area contributed by atoms with Gasteiger partial charge in [0.25, 0.3) is 0 Å². The van der Waals surface area contributed by atoms with Crippen molar-refractivity contribution in [2.45, 2.75) is 6.42 Å². The highest BCUT2D eigenvalue weighted by Gasteiger charge is 2.02. The fourth-order valence-electron chi connectivity index (χ4n) is 0.980. The average Bonchev–Trinajstić information content (AvgIpc) is 2.20. The molecule has 2 nitrogen and oxygen atoms in total. The largest absolute Gasteiger partial charge is 0.493 e. The van der Waals surface area contributed by atoms with Crippen molar-refractivity contribution in [1.29, 1.82) is 0 Å². The van der Waals surface area contributed by atoms with Crippen LogP contribution in [-0.2, 0) is 0 Å². The summed E-state index contributed by atoms with van der Waals surface area (Å²) in [6.07, 6.45) is 1.48. The van der Waals surface area contributed by atoms with Crippen LogP contribution in [0, 0.1) is 0 Å². The molecule has 4 heteroatoms. The van der Waals surface area contributed by atoms with Crippen molar-refractivity contribution in [3.63, 3.8) is 0 Å². The molecule has 0 N–H and O–H groups in total. The molecule has 1 aromatic rings. The summed E-state index contributed by atoms with van der Waals surface area (Å²) >= 11 is 11.2. The molecule has 0 aliphatic heterocycles. The van der Waals surface area contributed by atoms with Crippen LogP contribution in [0.25, 0.3) is 0 Å². The van der Waals surface area contributed by atoms with Crippen LogP contribution < -0.4 is 4.74 Å². The lowest BCUT2D eigenvalue weighted by Crippen LogP contribution is -2.00. The molecule has 14 heavy (non-hydrogen) atoms. The van der Waals surface area contributed by atoms with Gasteiger partial charge in [-0.15, -0.1) is 11.6 Å². The minimum Gasteiger partial charge on any atom is -0.493 e. The zero-order valence-corrected chi connectivity index (χ0v) is 9.02. The normalized spacial score (nSPS) is 9.86. The molecule has 1 rings (SSSR count). The Morgan fingerprint density at radius 1 is 1.43 bits per heavy atom. The van der Waals surface area contributed by atoms with Crippen LogP contribution in [0.1, 0.15) is 16.8 Å². The number of halogens is 2. The number of hydrogen-bond acceptors (Lipinski definition) is 2. The number of aldehydes is 1. The van der Waals surface area contributed by atoms with E-state index in [1.54, 1.807) is 18.2 Å². The van der Waals surface area contributed by atoms with Crippen LogP contribution in [0.2, 0.25) is 5.02 Å². The molecule has 1 aromatic carbocycles. The number of carbonyl (C=O) groups excluding carboxylic acids is 1. The van der Waals surface area contributed by atoms with Gasteiger partial charge in [0.1, 0.15) is 5.75 Å². The molecule has 0 atom stereocenters. The maximum Gasteiger partial charge on any atom is 0.153 e. The Morgan fingerprint density at radius 2 is 2.21 bits per heavy atom. The van der Waals surface area contributed by atoms with Gasteiger partial charge in [-0.1, -0.05) is 11.6 Å². The predicted octanol–water partition coefficient (Wildman–Crippen LogP) is 3.16. The molecular formula is C10H10Cl2O2. The van der Waals surface area contributed by atoms with Crippen LogP contribution >= 0.6 is 23.2 Å². The molecule has 0 spiro atoms. The van der Waals surface area contributed by atoms with Crippen LogP contribution in [-0.4, -0.2) is 18.8 Å². The van der Waals surface area contributed by atoms with Crippen molar-refractivity contribution in [1.82, 2.24) is 0 Å². The summed E-state index contributed by atoms with van der Waals surface area (Å²) in [6.45, 7) is 0.506. The first kappa shape index (κ1) is 11.3. The highest BCUT2D eigenvalue weighted by Crippen LogP contribution is 2.21. The van der Waals surface area contributed by atoms with E-state index in [2.05, 4.69) is 0 Å². The van der Waals surface area contributed by atoms with Crippen molar-refractivity contribution in [3.8, 4) is 5.75 Å². The van der Waals surface area contributed by atoms with E-state index in [4.69, 9.17) is 27.9 Å². The van der Waals surface area contributed by atoms with E-state index in [1.807, 2.05) is 0 Å². The first-order chi connectivity index (χ1) is 6.77. The minimum absolute atomic E-state index is 0.465. The Balaban J connectivity index is 2.70. The lowest BCUT2D eigenvalue weighted by Gasteiger charge is -2.07. The van der Waals surface area contributed by atoms with Crippen molar-refractivity contribution in [2.24, 2.45) is 0 Å². The van der Waals surface area contributed by atoms with Gasteiger partial charge >= 0.3 is 0 Å². The smallest absolute Gasteiger partial charge is 0.153 e. The van der Waals surface area contributed by atoms with Crippen molar-refractivity contribution in [3.05, 3.63) is 28.8 Å². The van der Waals surface area contributed by atoms with Gasteiger partial charge in [-0.3, -0.25) is 4.79 Å². The van der Waals surface area contributed by atoms with Crippen LogP contribution in [0.4, 0.5) is 0 Å². The fraction of sp³-hybridized carbons (Fsp3) is 0.300. The van der Waals surface area contributed by atoms with Crippen molar-refractivity contribution >= 4 is 29.5 Å². The second kappa shape index (κ2) is 5.89. The van der Waals surface area contributed by atoms with E-state index in [9.17, 15) is 4.79 Å². The van der Waals surface area contributed by atoms with Gasteiger partial charge in [-0.25, -0.2) is 0 Å². The number of ether oxygens (including phenoxy) is 1. The second-order valence-electron chi connectivity index (χ2n) is 2.69. The number of hydrogen-bond donors (Lipinski definition) is 0. The third-order valence-corrected chi connectivity index (χ3v) is 2.14. The van der Waals surface area contributed by atoms with Gasteiger partial charge in [0.15, 0.2) is 6.29 Å². The molecule has 0 unspecified atom stereocenters. The molecule has 0 aliphatic rings. The Morgan fingerprint density at radius 3 is 2.86 bits per heavy atom. The lowest BCUT2D eigenvalue weighted by atomic mass is 10.2. The van der Waals surface area contributed by atoms with Gasteiger partial charge in [0.05, 0.1) is 12.2 Å². The molecule has 0 heterocycles. The maximum atomic E-state index is 10.6. The molecule has 0 aliphatic carbocycles. The number of benzene rings is 1. The Kier molecular flexibility index (Phi) is 4.77. The number of rotatable bonds is 5. The summed E-state index contributed by atoms with van der Waals surface area (Å²) in [5, 5.41) is 0.525. The highest BCUT2D eigenvalue weighted by atomic mass is 35.5. The highest BCUT2D eigenvalue weighted by molar-refractivity contribution is 6.30. The van der Waals surface area contributed by atoms with E-state index >= 15 is 0 Å². The van der Waals surface area contributed by atoms with Crippen LogP contribution in [0.5, 0.6) is 5.75 Å². The maximum absolute atomic E-state index is 10.6. The Labute approximate surface area is 92.8 Å². The predicted molar refractivity (Wildman–Crippen MR) is 57.7 cm³/mol. The van der Waals surface area contributed by atoms with Crippen LogP contribution in [0.15, 0.2) is 18.2 Å². The van der Waals surface area contributed by atoms with Gasteiger partial charge in [0.2, 0.25) is 0 Å². The molecular weight excluding hydrogens is 223 g/mol. The fourth-order valence-corrected chi connectivity index (χ4v) is 1.27. The van der Waals surface area contributed by atoms with Gasteiger partial charge in [0, 0.05) is 10.9 Å². The zero-order chi connectivity index (χ0) is 10.4. The molecule has 0 radical (unpaired) electrons. The van der Waals surface area contributed by atoms with E-state index in [0.717, 1.165) is 12.7 Å². The summed E-state index contributed by atoms with van der Waals surface area (Å²) in [7, 11) is 0. The van der Waals surface area contributed by atoms with Crippen molar-refractivity contribution < 1.29 is 9.53 Å². The zero-order valence-electron chi connectivity index (χ0n) is 7.50. The third-order valence-electron chi connectivity index (χ3n) is 1.63. The van der Waals surface area contributed by atoms with E-state index in [1.165, 1.54) is 0 Å². The minimum atomic E-state index is 0.465. The molecule has 0 aromatic heterocycles. The number of carbonyl (C=O) groups is 1. The van der Waals surface area contributed by atoms with Gasteiger partial charge in [-0.2, -0.15) is 0 Å². The van der Waals surface area contributed by atoms with Crippen molar-refractivity contribution in [2.75, 3.05) is 12.5 Å². The monoisotopic (exact) mass is 232 g/mol. The molecule has 76 valence electrons. The summed E-state index contributed by atoms with van der Waals surface area (Å²) < 4.78 is 5.35. The van der Waals surface area contributed by atoms with E-state index < -0.39 is 0 Å². The van der Waals surface area contributed by atoms with E-state index in [0.29, 0.717) is 28.8 Å². The van der Waals surface area contributed by atoms with E-state index in [-0.39, 0.29) is 0 Å². The third kappa shape index (κ3) is 3.20. The Bertz CT molecular complexity index is 313. The second-order valence-corrected chi connectivity index (χ2v) is 3.51. The first-order valence-corrected chi connectivity index (χ1v) is 5.12. The first-order valence-electron chi connectivity index (χ1n) is 4.21. The Hall–Kier alpha value is -0.730.